The Bertz CT molecular complexity index is 513. The first-order valence-corrected chi connectivity index (χ1v) is 5.96. The largest absolute Gasteiger partial charge is 0.465 e. The van der Waals surface area contributed by atoms with Gasteiger partial charge in [0.05, 0.1) is 23.2 Å². The van der Waals surface area contributed by atoms with Gasteiger partial charge >= 0.3 is 5.97 Å². The summed E-state index contributed by atoms with van der Waals surface area (Å²) in [4.78, 5) is 21.9. The van der Waals surface area contributed by atoms with E-state index in [0.717, 1.165) is 0 Å². The molecule has 0 heterocycles. The Labute approximate surface area is 117 Å². The maximum absolute atomic E-state index is 11.5. The summed E-state index contributed by atoms with van der Waals surface area (Å²) >= 11 is 0. The Morgan fingerprint density at radius 1 is 1.40 bits per heavy atom. The normalized spacial score (nSPS) is 11.0. The van der Waals surface area contributed by atoms with Crippen molar-refractivity contribution >= 4 is 17.3 Å². The molecular weight excluding hydrogens is 264 g/mol. The van der Waals surface area contributed by atoms with Gasteiger partial charge in [-0.1, -0.05) is 0 Å². The van der Waals surface area contributed by atoms with Crippen LogP contribution in [0.5, 0.6) is 0 Å². The molecule has 110 valence electrons. The molecule has 0 aliphatic rings. The molecule has 1 aromatic carbocycles. The third kappa shape index (κ3) is 3.92. The number of hydrogen-bond acceptors (Lipinski definition) is 6. The van der Waals surface area contributed by atoms with Crippen LogP contribution in [0.4, 0.5) is 11.4 Å². The van der Waals surface area contributed by atoms with Gasteiger partial charge in [0.15, 0.2) is 0 Å². The summed E-state index contributed by atoms with van der Waals surface area (Å²) in [5.74, 6) is -0.547. The molecular formula is C13H18N2O5. The summed E-state index contributed by atoms with van der Waals surface area (Å²) in [5, 5.41) is 13.9. The van der Waals surface area contributed by atoms with Crippen LogP contribution < -0.4 is 5.32 Å². The zero-order valence-electron chi connectivity index (χ0n) is 11.9. The predicted octanol–water partition coefficient (Wildman–Crippen LogP) is 2.22. The van der Waals surface area contributed by atoms with E-state index in [1.165, 1.54) is 25.3 Å². The number of nitrogens with one attached hydrogen (secondary N) is 1. The second-order valence-corrected chi connectivity index (χ2v) is 4.80. The van der Waals surface area contributed by atoms with Crippen LogP contribution in [-0.2, 0) is 9.47 Å². The van der Waals surface area contributed by atoms with Crippen molar-refractivity contribution < 1.29 is 19.2 Å². The first-order valence-electron chi connectivity index (χ1n) is 5.96. The molecule has 0 spiro atoms. The average Bonchev–Trinajstić information content (AvgIpc) is 2.43. The maximum atomic E-state index is 11.5. The van der Waals surface area contributed by atoms with E-state index >= 15 is 0 Å². The van der Waals surface area contributed by atoms with Crippen molar-refractivity contribution in [2.75, 3.05) is 26.1 Å². The molecule has 0 fully saturated rings. The first kappa shape index (κ1) is 15.9. The van der Waals surface area contributed by atoms with Gasteiger partial charge in [-0.15, -0.1) is 0 Å². The number of nitro groups is 1. The molecule has 20 heavy (non-hydrogen) atoms. The standard InChI is InChI=1S/C13H18N2O5/c1-13(2,20-4)8-14-10-7-9(12(16)19-3)5-6-11(10)15(17)18/h5-7,14H,8H2,1-4H3. The fourth-order valence-electron chi connectivity index (χ4n) is 1.46. The molecule has 0 atom stereocenters. The van der Waals surface area contributed by atoms with Crippen LogP contribution in [0, 0.1) is 10.1 Å². The van der Waals surface area contributed by atoms with E-state index in [1.807, 2.05) is 13.8 Å². The number of esters is 1. The zero-order valence-corrected chi connectivity index (χ0v) is 11.9. The van der Waals surface area contributed by atoms with Crippen LogP contribution >= 0.6 is 0 Å². The number of anilines is 1. The number of rotatable bonds is 6. The molecule has 1 aromatic rings. The number of carbonyl (C=O) groups excluding carboxylic acids is 1. The second-order valence-electron chi connectivity index (χ2n) is 4.80. The highest BCUT2D eigenvalue weighted by atomic mass is 16.6. The molecule has 7 nitrogen and oxygen atoms in total. The van der Waals surface area contributed by atoms with Gasteiger partial charge in [-0.05, 0) is 26.0 Å². The van der Waals surface area contributed by atoms with E-state index in [2.05, 4.69) is 10.1 Å². The molecule has 0 aliphatic carbocycles. The molecule has 0 radical (unpaired) electrons. The number of benzene rings is 1. The van der Waals surface area contributed by atoms with E-state index in [0.29, 0.717) is 6.54 Å². The van der Waals surface area contributed by atoms with E-state index in [1.54, 1.807) is 7.11 Å². The van der Waals surface area contributed by atoms with Crippen molar-refractivity contribution in [3.8, 4) is 0 Å². The lowest BCUT2D eigenvalue weighted by molar-refractivity contribution is -0.384. The second kappa shape index (κ2) is 6.33. The monoisotopic (exact) mass is 282 g/mol. The first-order chi connectivity index (χ1) is 9.30. The predicted molar refractivity (Wildman–Crippen MR) is 74.0 cm³/mol. The summed E-state index contributed by atoms with van der Waals surface area (Å²) < 4.78 is 9.83. The topological polar surface area (TPSA) is 90.7 Å². The van der Waals surface area contributed by atoms with Gasteiger partial charge in [-0.2, -0.15) is 0 Å². The number of methoxy groups -OCH3 is 2. The van der Waals surface area contributed by atoms with Crippen LogP contribution in [0.2, 0.25) is 0 Å². The van der Waals surface area contributed by atoms with Crippen LogP contribution in [0.1, 0.15) is 24.2 Å². The fraction of sp³-hybridized carbons (Fsp3) is 0.462. The van der Waals surface area contributed by atoms with Gasteiger partial charge in [0, 0.05) is 19.7 Å². The minimum atomic E-state index is -0.547. The van der Waals surface area contributed by atoms with Crippen molar-refractivity contribution in [3.63, 3.8) is 0 Å². The molecule has 7 heteroatoms. The maximum Gasteiger partial charge on any atom is 0.337 e. The smallest absolute Gasteiger partial charge is 0.337 e. The van der Waals surface area contributed by atoms with E-state index < -0.39 is 16.5 Å². The number of hydrogen-bond donors (Lipinski definition) is 1. The Morgan fingerprint density at radius 3 is 2.55 bits per heavy atom. The van der Waals surface area contributed by atoms with Crippen LogP contribution in [0.15, 0.2) is 18.2 Å². The van der Waals surface area contributed by atoms with Gasteiger partial charge in [-0.25, -0.2) is 4.79 Å². The Hall–Kier alpha value is -2.15. The molecule has 0 saturated carbocycles. The lowest BCUT2D eigenvalue weighted by atomic mass is 10.1. The zero-order chi connectivity index (χ0) is 15.3. The van der Waals surface area contributed by atoms with E-state index in [4.69, 9.17) is 4.74 Å². The minimum Gasteiger partial charge on any atom is -0.465 e. The van der Waals surface area contributed by atoms with Gasteiger partial charge in [0.2, 0.25) is 0 Å². The number of nitro benzene ring substituents is 1. The highest BCUT2D eigenvalue weighted by molar-refractivity contribution is 5.91. The Balaban J connectivity index is 3.06. The van der Waals surface area contributed by atoms with Crippen molar-refractivity contribution in [1.29, 1.82) is 0 Å². The molecule has 1 N–H and O–H groups in total. The molecule has 1 rings (SSSR count). The summed E-state index contributed by atoms with van der Waals surface area (Å²) in [5.41, 5.74) is -0.0989. The molecule has 0 bridgehead atoms. The third-order valence-corrected chi connectivity index (χ3v) is 2.87. The van der Waals surface area contributed by atoms with Gasteiger partial charge in [-0.3, -0.25) is 10.1 Å². The summed E-state index contributed by atoms with van der Waals surface area (Å²) in [6.45, 7) is 4.04. The molecule has 0 unspecified atom stereocenters. The summed E-state index contributed by atoms with van der Waals surface area (Å²) in [6, 6.07) is 4.03. The number of nitrogens with zero attached hydrogens (tertiary/aromatic N) is 1. The van der Waals surface area contributed by atoms with Crippen molar-refractivity contribution in [2.24, 2.45) is 0 Å². The molecule has 0 amide bonds. The lowest BCUT2D eigenvalue weighted by Gasteiger charge is -2.23. The highest BCUT2D eigenvalue weighted by Crippen LogP contribution is 2.26. The van der Waals surface area contributed by atoms with Gasteiger partial charge in [0.25, 0.3) is 5.69 Å². The van der Waals surface area contributed by atoms with Crippen molar-refractivity contribution in [2.45, 2.75) is 19.4 Å². The van der Waals surface area contributed by atoms with E-state index in [9.17, 15) is 14.9 Å². The Kier molecular flexibility index (Phi) is 5.04. The summed E-state index contributed by atoms with van der Waals surface area (Å²) in [6.07, 6.45) is 0. The lowest BCUT2D eigenvalue weighted by Crippen LogP contribution is -2.32. The average molecular weight is 282 g/mol. The number of ether oxygens (including phenoxy) is 2. The van der Waals surface area contributed by atoms with Crippen LogP contribution in [-0.4, -0.2) is 37.3 Å². The van der Waals surface area contributed by atoms with Crippen molar-refractivity contribution in [1.82, 2.24) is 0 Å². The SMILES string of the molecule is COC(=O)c1ccc([N+](=O)[O-])c(NCC(C)(C)OC)c1. The summed E-state index contributed by atoms with van der Waals surface area (Å²) in [7, 11) is 2.81. The van der Waals surface area contributed by atoms with Crippen molar-refractivity contribution in [3.05, 3.63) is 33.9 Å². The molecule has 0 aromatic heterocycles. The fourth-order valence-corrected chi connectivity index (χ4v) is 1.46. The van der Waals surface area contributed by atoms with Crippen LogP contribution in [0.3, 0.4) is 0 Å². The highest BCUT2D eigenvalue weighted by Gasteiger charge is 2.21. The van der Waals surface area contributed by atoms with Crippen LogP contribution in [0.25, 0.3) is 0 Å². The quantitative estimate of drug-likeness (QED) is 0.488. The Morgan fingerprint density at radius 2 is 2.05 bits per heavy atom. The van der Waals surface area contributed by atoms with E-state index in [-0.39, 0.29) is 16.9 Å². The third-order valence-electron chi connectivity index (χ3n) is 2.87. The minimum absolute atomic E-state index is 0.107. The van der Waals surface area contributed by atoms with Gasteiger partial charge in [0.1, 0.15) is 5.69 Å². The molecule has 0 saturated heterocycles. The molecule has 0 aliphatic heterocycles. The number of carbonyl (C=O) groups is 1. The van der Waals surface area contributed by atoms with Gasteiger partial charge < -0.3 is 14.8 Å².